The van der Waals surface area contributed by atoms with Gasteiger partial charge in [0.2, 0.25) is 0 Å². The van der Waals surface area contributed by atoms with Gasteiger partial charge in [-0.15, -0.1) is 0 Å². The minimum atomic E-state index is -1.81. The van der Waals surface area contributed by atoms with Crippen LogP contribution < -0.4 is 0 Å². The van der Waals surface area contributed by atoms with Gasteiger partial charge in [-0.05, 0) is 13.8 Å². The summed E-state index contributed by atoms with van der Waals surface area (Å²) < 4.78 is 0. The number of hydrogen-bond acceptors (Lipinski definition) is 5. The second-order valence-electron chi connectivity index (χ2n) is 4.74. The van der Waals surface area contributed by atoms with Crippen molar-refractivity contribution in [1.82, 2.24) is 14.7 Å². The van der Waals surface area contributed by atoms with Crippen LogP contribution in [0.25, 0.3) is 0 Å². The molecule has 0 heterocycles. The summed E-state index contributed by atoms with van der Waals surface area (Å²) in [5.74, 6) is 0. The van der Waals surface area contributed by atoms with Crippen molar-refractivity contribution in [2.24, 2.45) is 0 Å². The van der Waals surface area contributed by atoms with E-state index in [9.17, 15) is 24.0 Å². The molecule has 13 nitrogen and oxygen atoms in total. The fourth-order valence-corrected chi connectivity index (χ4v) is 1.87. The zero-order valence-corrected chi connectivity index (χ0v) is 12.7. The molecule has 0 aliphatic heterocycles. The molecule has 2 unspecified atom stereocenters. The van der Waals surface area contributed by atoms with Gasteiger partial charge in [0, 0.05) is 6.54 Å². The summed E-state index contributed by atoms with van der Waals surface area (Å²) in [7, 11) is 0. The Morgan fingerprint density at radius 2 is 1.08 bits per heavy atom. The second-order valence-corrected chi connectivity index (χ2v) is 4.74. The minimum absolute atomic E-state index is 0.0190. The quantitative estimate of drug-likeness (QED) is 0.461. The third-order valence-electron chi connectivity index (χ3n) is 3.00. The Labute approximate surface area is 134 Å². The molecule has 0 aromatic carbocycles. The molecule has 0 saturated heterocycles. The Morgan fingerprint density at radius 3 is 1.38 bits per heavy atom. The summed E-state index contributed by atoms with van der Waals surface area (Å²) in [5, 5.41) is 44.3. The van der Waals surface area contributed by atoms with E-state index in [1.54, 1.807) is 0 Å². The van der Waals surface area contributed by atoms with Gasteiger partial charge in [-0.25, -0.2) is 33.8 Å². The van der Waals surface area contributed by atoms with Crippen LogP contribution in [0.2, 0.25) is 0 Å². The zero-order valence-electron chi connectivity index (χ0n) is 12.7. The molecule has 2 atom stereocenters. The fourth-order valence-electron chi connectivity index (χ4n) is 1.87. The van der Waals surface area contributed by atoms with E-state index in [0.717, 1.165) is 6.92 Å². The van der Waals surface area contributed by atoms with E-state index in [-0.39, 0.29) is 9.80 Å². The summed E-state index contributed by atoms with van der Waals surface area (Å²) in [4.78, 5) is 55.1. The Balaban J connectivity index is 5.25. The first-order valence-electron chi connectivity index (χ1n) is 6.38. The first-order valence-corrected chi connectivity index (χ1v) is 6.38. The highest BCUT2D eigenvalue weighted by molar-refractivity contribution is 5.86. The normalized spacial score (nSPS) is 12.6. The number of imide groups is 2. The molecule has 5 N–H and O–H groups in total. The average Bonchev–Trinajstić information content (AvgIpc) is 2.39. The predicted octanol–water partition coefficient (Wildman–Crippen LogP) is 1.06. The molecule has 0 fully saturated rings. The van der Waals surface area contributed by atoms with E-state index in [2.05, 4.69) is 0 Å². The molecule has 13 heteroatoms. The van der Waals surface area contributed by atoms with Crippen molar-refractivity contribution in [3.05, 3.63) is 0 Å². The van der Waals surface area contributed by atoms with Crippen LogP contribution in [0.4, 0.5) is 24.0 Å². The molecule has 5 amide bonds. The van der Waals surface area contributed by atoms with Gasteiger partial charge < -0.3 is 30.4 Å². The number of nitrogens with zero attached hydrogens (tertiary/aromatic N) is 3. The highest BCUT2D eigenvalue weighted by Gasteiger charge is 2.33. The van der Waals surface area contributed by atoms with E-state index >= 15 is 0 Å². The van der Waals surface area contributed by atoms with Crippen LogP contribution in [0.5, 0.6) is 0 Å². The standard InChI is InChI=1S/C11H17N3O10/c1-5(3-13(8(17)18)9(19)20)12(7(15)16)4-6(2)14(10(21)22)11(23)24/h5-6H,3-4H2,1-2H3,(H,15,16)(H,17,18)(H,19,20)(H,21,22)(H,23,24). The summed E-state index contributed by atoms with van der Waals surface area (Å²) >= 11 is 0. The number of carbonyl (C=O) groups is 5. The zero-order chi connectivity index (χ0) is 19.2. The molecule has 24 heavy (non-hydrogen) atoms. The minimum Gasteiger partial charge on any atom is -0.465 e. The maximum Gasteiger partial charge on any atom is 0.417 e. The molecular formula is C11H17N3O10. The van der Waals surface area contributed by atoms with Gasteiger partial charge in [0.05, 0.1) is 18.6 Å². The monoisotopic (exact) mass is 351 g/mol. The highest BCUT2D eigenvalue weighted by atomic mass is 16.4. The van der Waals surface area contributed by atoms with Crippen LogP contribution in [-0.4, -0.2) is 95.9 Å². The van der Waals surface area contributed by atoms with Crippen LogP contribution in [0.15, 0.2) is 0 Å². The molecular weight excluding hydrogens is 334 g/mol. The van der Waals surface area contributed by atoms with Gasteiger partial charge >= 0.3 is 30.5 Å². The van der Waals surface area contributed by atoms with E-state index < -0.39 is 55.6 Å². The van der Waals surface area contributed by atoms with Crippen LogP contribution in [0, 0.1) is 0 Å². The lowest BCUT2D eigenvalue weighted by Crippen LogP contribution is -2.53. The largest absolute Gasteiger partial charge is 0.465 e. The lowest BCUT2D eigenvalue weighted by Gasteiger charge is -2.32. The number of hydrogen-bond donors (Lipinski definition) is 5. The van der Waals surface area contributed by atoms with Crippen LogP contribution in [-0.2, 0) is 0 Å². The molecule has 0 saturated carbocycles. The molecule has 0 bridgehead atoms. The van der Waals surface area contributed by atoms with E-state index in [0.29, 0.717) is 4.90 Å². The third kappa shape index (κ3) is 5.51. The van der Waals surface area contributed by atoms with Crippen molar-refractivity contribution in [3.63, 3.8) is 0 Å². The molecule has 0 spiro atoms. The lowest BCUT2D eigenvalue weighted by molar-refractivity contribution is 0.0749. The van der Waals surface area contributed by atoms with Crippen LogP contribution >= 0.6 is 0 Å². The molecule has 136 valence electrons. The summed E-state index contributed by atoms with van der Waals surface area (Å²) in [6, 6.07) is -2.48. The van der Waals surface area contributed by atoms with Crippen molar-refractivity contribution in [2.75, 3.05) is 13.1 Å². The number of carboxylic acid groups (broad SMARTS) is 5. The van der Waals surface area contributed by atoms with Gasteiger partial charge in [0.1, 0.15) is 0 Å². The summed E-state index contributed by atoms with van der Waals surface area (Å²) in [6.07, 6.45) is -8.85. The first kappa shape index (κ1) is 20.8. The molecule has 0 aliphatic rings. The SMILES string of the molecule is CC(CN(C(=O)O)C(=O)O)N(CC(C)N(C(=O)O)C(=O)O)C(=O)O. The Bertz CT molecular complexity index is 508. The number of rotatable bonds is 6. The average molecular weight is 351 g/mol. The van der Waals surface area contributed by atoms with Crippen molar-refractivity contribution in [1.29, 1.82) is 0 Å². The maximum absolute atomic E-state index is 11.3. The lowest BCUT2D eigenvalue weighted by atomic mass is 10.2. The van der Waals surface area contributed by atoms with Crippen molar-refractivity contribution < 1.29 is 49.5 Å². The maximum atomic E-state index is 11.3. The molecule has 0 aliphatic carbocycles. The van der Waals surface area contributed by atoms with Gasteiger partial charge in [-0.3, -0.25) is 0 Å². The van der Waals surface area contributed by atoms with Gasteiger partial charge in [0.25, 0.3) is 0 Å². The summed E-state index contributed by atoms with van der Waals surface area (Å²) in [6.45, 7) is 0.995. The topological polar surface area (TPSA) is 196 Å². The Kier molecular flexibility index (Phi) is 7.26. The highest BCUT2D eigenvalue weighted by Crippen LogP contribution is 2.09. The fraction of sp³-hybridized carbons (Fsp3) is 0.545. The Hall–Kier alpha value is -3.25. The molecule has 0 aromatic heterocycles. The predicted molar refractivity (Wildman–Crippen MR) is 74.3 cm³/mol. The Morgan fingerprint density at radius 1 is 0.667 bits per heavy atom. The summed E-state index contributed by atoms with van der Waals surface area (Å²) in [5.41, 5.74) is 0. The van der Waals surface area contributed by atoms with E-state index in [1.807, 2.05) is 0 Å². The van der Waals surface area contributed by atoms with Crippen molar-refractivity contribution in [2.45, 2.75) is 25.9 Å². The molecule has 0 rings (SSSR count). The number of amides is 5. The molecule has 0 aromatic rings. The van der Waals surface area contributed by atoms with Crippen LogP contribution in [0.3, 0.4) is 0 Å². The van der Waals surface area contributed by atoms with Gasteiger partial charge in [-0.2, -0.15) is 0 Å². The van der Waals surface area contributed by atoms with E-state index in [1.165, 1.54) is 6.92 Å². The first-order chi connectivity index (χ1) is 10.9. The van der Waals surface area contributed by atoms with Gasteiger partial charge in [-0.1, -0.05) is 0 Å². The second kappa shape index (κ2) is 8.40. The third-order valence-corrected chi connectivity index (χ3v) is 3.00. The van der Waals surface area contributed by atoms with Crippen LogP contribution in [0.1, 0.15) is 13.8 Å². The molecule has 0 radical (unpaired) electrons. The van der Waals surface area contributed by atoms with Crippen molar-refractivity contribution >= 4 is 30.5 Å². The smallest absolute Gasteiger partial charge is 0.417 e. The van der Waals surface area contributed by atoms with Gasteiger partial charge in [0.15, 0.2) is 0 Å². The van der Waals surface area contributed by atoms with E-state index in [4.69, 9.17) is 25.5 Å². The van der Waals surface area contributed by atoms with Crippen molar-refractivity contribution in [3.8, 4) is 0 Å².